The minimum absolute atomic E-state index is 0.400. The highest BCUT2D eigenvalue weighted by molar-refractivity contribution is 9.10. The molecule has 3 heteroatoms. The molecule has 1 unspecified atom stereocenters. The van der Waals surface area contributed by atoms with Crippen LogP contribution >= 0.6 is 15.9 Å². The third-order valence-corrected chi connectivity index (χ3v) is 3.61. The Morgan fingerprint density at radius 2 is 2.27 bits per heavy atom. The number of aryl methyl sites for hydroxylation is 1. The molecule has 0 spiro atoms. The largest absolute Gasteiger partial charge is 0.493 e. The first-order valence-corrected chi connectivity index (χ1v) is 6.12. The summed E-state index contributed by atoms with van der Waals surface area (Å²) in [6, 6.07) is 4.60. The van der Waals surface area contributed by atoms with Gasteiger partial charge in [-0.1, -0.05) is 22.0 Å². The monoisotopic (exact) mass is 269 g/mol. The highest BCUT2D eigenvalue weighted by Gasteiger charge is 2.22. The Morgan fingerprint density at radius 1 is 1.47 bits per heavy atom. The van der Waals surface area contributed by atoms with Crippen molar-refractivity contribution in [3.63, 3.8) is 0 Å². The summed E-state index contributed by atoms with van der Waals surface area (Å²) in [6.07, 6.45) is 2.23. The van der Waals surface area contributed by atoms with Crippen molar-refractivity contribution >= 4 is 15.9 Å². The molecule has 1 aliphatic rings. The minimum atomic E-state index is 0.400. The Labute approximate surface area is 99.1 Å². The van der Waals surface area contributed by atoms with E-state index in [2.05, 4.69) is 40.3 Å². The molecular formula is C12H16BrNO. The van der Waals surface area contributed by atoms with E-state index in [0.717, 1.165) is 29.7 Å². The molecule has 1 aromatic rings. The van der Waals surface area contributed by atoms with E-state index in [0.29, 0.717) is 6.04 Å². The molecule has 0 aliphatic carbocycles. The number of hydrogen-bond donors (Lipinski definition) is 1. The first-order chi connectivity index (χ1) is 7.24. The number of fused-ring (bicyclic) bond motifs is 1. The van der Waals surface area contributed by atoms with Gasteiger partial charge in [-0.15, -0.1) is 0 Å². The van der Waals surface area contributed by atoms with Crippen molar-refractivity contribution in [1.29, 1.82) is 0 Å². The van der Waals surface area contributed by atoms with Crippen LogP contribution in [0.3, 0.4) is 0 Å². The van der Waals surface area contributed by atoms with Crippen molar-refractivity contribution < 1.29 is 4.74 Å². The molecule has 0 aromatic heterocycles. The Balaban J connectivity index is 2.54. The predicted molar refractivity (Wildman–Crippen MR) is 65.4 cm³/mol. The zero-order valence-corrected chi connectivity index (χ0v) is 10.7. The van der Waals surface area contributed by atoms with Crippen LogP contribution in [0, 0.1) is 6.92 Å². The van der Waals surface area contributed by atoms with E-state index in [-0.39, 0.29) is 0 Å². The van der Waals surface area contributed by atoms with Gasteiger partial charge < -0.3 is 10.1 Å². The van der Waals surface area contributed by atoms with Crippen LogP contribution < -0.4 is 10.1 Å². The van der Waals surface area contributed by atoms with Crippen molar-refractivity contribution in [1.82, 2.24) is 5.32 Å². The third kappa shape index (κ3) is 2.04. The van der Waals surface area contributed by atoms with E-state index in [9.17, 15) is 0 Å². The molecular weight excluding hydrogens is 254 g/mol. The number of ether oxygens (including phenoxy) is 1. The maximum Gasteiger partial charge on any atom is 0.128 e. The third-order valence-electron chi connectivity index (χ3n) is 2.92. The van der Waals surface area contributed by atoms with E-state index in [1.54, 1.807) is 0 Å². The average molecular weight is 270 g/mol. The Hall–Kier alpha value is -0.540. The minimum Gasteiger partial charge on any atom is -0.493 e. The molecule has 82 valence electrons. The lowest BCUT2D eigenvalue weighted by Crippen LogP contribution is -2.16. The molecule has 1 atom stereocenters. The maximum absolute atomic E-state index is 5.82. The van der Waals surface area contributed by atoms with Crippen LogP contribution in [-0.4, -0.2) is 13.7 Å². The molecule has 2 nitrogen and oxygen atoms in total. The fourth-order valence-electron chi connectivity index (χ4n) is 2.10. The summed E-state index contributed by atoms with van der Waals surface area (Å²) in [7, 11) is 2.01. The molecule has 1 N–H and O–H groups in total. The second-order valence-corrected chi connectivity index (χ2v) is 4.79. The Kier molecular flexibility index (Phi) is 3.32. The molecule has 0 saturated heterocycles. The summed E-state index contributed by atoms with van der Waals surface area (Å²) in [6.45, 7) is 2.92. The fraction of sp³-hybridized carbons (Fsp3) is 0.500. The van der Waals surface area contributed by atoms with Crippen molar-refractivity contribution in [3.8, 4) is 5.75 Å². The van der Waals surface area contributed by atoms with E-state index >= 15 is 0 Å². The van der Waals surface area contributed by atoms with Gasteiger partial charge in [-0.2, -0.15) is 0 Å². The van der Waals surface area contributed by atoms with Gasteiger partial charge in [0, 0.05) is 16.1 Å². The van der Waals surface area contributed by atoms with Crippen molar-refractivity contribution in [2.45, 2.75) is 25.8 Å². The van der Waals surface area contributed by atoms with Gasteiger partial charge in [-0.3, -0.25) is 0 Å². The number of halogens is 1. The van der Waals surface area contributed by atoms with Crippen molar-refractivity contribution in [2.24, 2.45) is 0 Å². The SMILES string of the molecule is CNC1CCCOc2c(C)ccc(Br)c21. The quantitative estimate of drug-likeness (QED) is 0.846. The molecule has 1 aromatic carbocycles. The molecule has 0 amide bonds. The lowest BCUT2D eigenvalue weighted by Gasteiger charge is -2.18. The highest BCUT2D eigenvalue weighted by atomic mass is 79.9. The van der Waals surface area contributed by atoms with Crippen LogP contribution in [0.25, 0.3) is 0 Å². The Bertz CT molecular complexity index is 365. The van der Waals surface area contributed by atoms with E-state index in [1.165, 1.54) is 11.1 Å². The van der Waals surface area contributed by atoms with Gasteiger partial charge in [0.2, 0.25) is 0 Å². The number of nitrogens with one attached hydrogen (secondary N) is 1. The molecule has 0 saturated carbocycles. The van der Waals surface area contributed by atoms with E-state index in [1.807, 2.05) is 7.05 Å². The normalized spacial score (nSPS) is 20.3. The standard InChI is InChI=1S/C12H16BrNO/c1-8-5-6-9(13)11-10(14-2)4-3-7-15-12(8)11/h5-6,10,14H,3-4,7H2,1-2H3. The van der Waals surface area contributed by atoms with Crippen LogP contribution in [0.1, 0.15) is 30.0 Å². The highest BCUT2D eigenvalue weighted by Crippen LogP contribution is 2.38. The molecule has 1 heterocycles. The topological polar surface area (TPSA) is 21.3 Å². The number of rotatable bonds is 1. The van der Waals surface area contributed by atoms with Gasteiger partial charge in [0.15, 0.2) is 0 Å². The van der Waals surface area contributed by atoms with Crippen LogP contribution in [0.4, 0.5) is 0 Å². The zero-order chi connectivity index (χ0) is 10.8. The lowest BCUT2D eigenvalue weighted by atomic mass is 10.00. The summed E-state index contributed by atoms with van der Waals surface area (Å²) in [4.78, 5) is 0. The molecule has 0 radical (unpaired) electrons. The van der Waals surface area contributed by atoms with Gasteiger partial charge in [-0.05, 0) is 38.4 Å². The van der Waals surface area contributed by atoms with Gasteiger partial charge in [0.25, 0.3) is 0 Å². The summed E-state index contributed by atoms with van der Waals surface area (Å²) in [5.41, 5.74) is 2.49. The fourth-order valence-corrected chi connectivity index (χ4v) is 2.68. The zero-order valence-electron chi connectivity index (χ0n) is 9.14. The van der Waals surface area contributed by atoms with Gasteiger partial charge >= 0.3 is 0 Å². The maximum atomic E-state index is 5.82. The average Bonchev–Trinajstić information content (AvgIpc) is 2.46. The first kappa shape index (κ1) is 11.0. The predicted octanol–water partition coefficient (Wildman–Crippen LogP) is 3.19. The van der Waals surface area contributed by atoms with Gasteiger partial charge in [0.05, 0.1) is 6.61 Å². The molecule has 1 aliphatic heterocycles. The lowest BCUT2D eigenvalue weighted by molar-refractivity contribution is 0.313. The van der Waals surface area contributed by atoms with E-state index < -0.39 is 0 Å². The van der Waals surface area contributed by atoms with Crippen molar-refractivity contribution in [3.05, 3.63) is 27.7 Å². The van der Waals surface area contributed by atoms with Gasteiger partial charge in [0.1, 0.15) is 5.75 Å². The molecule has 0 fully saturated rings. The summed E-state index contributed by atoms with van der Waals surface area (Å²) in [5.74, 6) is 1.06. The smallest absolute Gasteiger partial charge is 0.128 e. The summed E-state index contributed by atoms with van der Waals surface area (Å²) in [5, 5.41) is 3.36. The van der Waals surface area contributed by atoms with Crippen LogP contribution in [0.2, 0.25) is 0 Å². The Morgan fingerprint density at radius 3 is 3.00 bits per heavy atom. The summed E-state index contributed by atoms with van der Waals surface area (Å²) < 4.78 is 6.97. The van der Waals surface area contributed by atoms with E-state index in [4.69, 9.17) is 4.74 Å². The van der Waals surface area contributed by atoms with Crippen LogP contribution in [0.5, 0.6) is 5.75 Å². The van der Waals surface area contributed by atoms with Crippen LogP contribution in [-0.2, 0) is 0 Å². The van der Waals surface area contributed by atoms with Crippen molar-refractivity contribution in [2.75, 3.05) is 13.7 Å². The summed E-state index contributed by atoms with van der Waals surface area (Å²) >= 11 is 3.61. The first-order valence-electron chi connectivity index (χ1n) is 5.33. The number of benzene rings is 1. The van der Waals surface area contributed by atoms with Crippen LogP contribution in [0.15, 0.2) is 16.6 Å². The molecule has 2 rings (SSSR count). The second kappa shape index (κ2) is 4.54. The second-order valence-electron chi connectivity index (χ2n) is 3.94. The molecule has 15 heavy (non-hydrogen) atoms. The van der Waals surface area contributed by atoms with Gasteiger partial charge in [-0.25, -0.2) is 0 Å². The number of hydrogen-bond acceptors (Lipinski definition) is 2. The molecule has 0 bridgehead atoms.